The standard InChI is InChI=1S/C23H30N2O3/c1-2-27-21-12-6-11-20(23(21)28-18-19-9-4-3-5-10-19)17-24-14-8-16-25-15-7-13-22(25)26/h3-6,9-12,24H,2,7-8,13-18H2,1H3. The first kappa shape index (κ1) is 20.2. The van der Waals surface area contributed by atoms with E-state index in [0.29, 0.717) is 32.1 Å². The van der Waals surface area contributed by atoms with Gasteiger partial charge in [-0.3, -0.25) is 4.79 Å². The Kier molecular flexibility index (Phi) is 7.73. The molecule has 0 unspecified atom stereocenters. The summed E-state index contributed by atoms with van der Waals surface area (Å²) in [7, 11) is 0. The summed E-state index contributed by atoms with van der Waals surface area (Å²) in [5, 5.41) is 3.47. The average Bonchev–Trinajstić information content (AvgIpc) is 3.13. The van der Waals surface area contributed by atoms with Crippen LogP contribution in [0.2, 0.25) is 0 Å². The topological polar surface area (TPSA) is 50.8 Å². The number of hydrogen-bond donors (Lipinski definition) is 1. The van der Waals surface area contributed by atoms with Crippen LogP contribution in [0.5, 0.6) is 11.5 Å². The van der Waals surface area contributed by atoms with Crippen molar-refractivity contribution in [1.82, 2.24) is 10.2 Å². The highest BCUT2D eigenvalue weighted by Crippen LogP contribution is 2.32. The summed E-state index contributed by atoms with van der Waals surface area (Å²) < 4.78 is 11.9. The van der Waals surface area contributed by atoms with Crippen molar-refractivity contribution in [2.45, 2.75) is 39.3 Å². The van der Waals surface area contributed by atoms with Crippen LogP contribution in [0.15, 0.2) is 48.5 Å². The SMILES string of the molecule is CCOc1cccc(CNCCCN2CCCC2=O)c1OCc1ccccc1. The molecule has 0 atom stereocenters. The summed E-state index contributed by atoms with van der Waals surface area (Å²) in [5.74, 6) is 1.87. The molecule has 2 aromatic rings. The van der Waals surface area contributed by atoms with Crippen LogP contribution in [0.3, 0.4) is 0 Å². The second kappa shape index (κ2) is 10.7. The number of para-hydroxylation sites is 1. The molecule has 150 valence electrons. The van der Waals surface area contributed by atoms with Crippen molar-refractivity contribution in [2.75, 3.05) is 26.2 Å². The number of benzene rings is 2. The molecule has 0 aromatic heterocycles. The molecule has 5 heteroatoms. The van der Waals surface area contributed by atoms with Gasteiger partial charge in [-0.2, -0.15) is 0 Å². The highest BCUT2D eigenvalue weighted by atomic mass is 16.5. The minimum absolute atomic E-state index is 0.293. The van der Waals surface area contributed by atoms with E-state index in [1.807, 2.05) is 42.2 Å². The molecule has 0 radical (unpaired) electrons. The van der Waals surface area contributed by atoms with Crippen molar-refractivity contribution in [1.29, 1.82) is 0 Å². The average molecular weight is 383 g/mol. The molecule has 1 fully saturated rings. The maximum absolute atomic E-state index is 11.7. The summed E-state index contributed by atoms with van der Waals surface area (Å²) in [5.41, 5.74) is 2.21. The van der Waals surface area contributed by atoms with Gasteiger partial charge in [0.1, 0.15) is 6.61 Å². The molecular formula is C23H30N2O3. The number of rotatable bonds is 11. The van der Waals surface area contributed by atoms with Gasteiger partial charge in [0.2, 0.25) is 5.91 Å². The lowest BCUT2D eigenvalue weighted by Gasteiger charge is -2.17. The number of amides is 1. The van der Waals surface area contributed by atoms with Crippen molar-refractivity contribution < 1.29 is 14.3 Å². The Morgan fingerprint density at radius 1 is 1.07 bits per heavy atom. The third-order valence-electron chi connectivity index (χ3n) is 4.85. The largest absolute Gasteiger partial charge is 0.490 e. The molecule has 1 aliphatic heterocycles. The highest BCUT2D eigenvalue weighted by molar-refractivity contribution is 5.77. The van der Waals surface area contributed by atoms with Gasteiger partial charge < -0.3 is 19.7 Å². The lowest BCUT2D eigenvalue weighted by molar-refractivity contribution is -0.127. The molecule has 0 bridgehead atoms. The van der Waals surface area contributed by atoms with Crippen LogP contribution in [-0.4, -0.2) is 37.0 Å². The van der Waals surface area contributed by atoms with E-state index in [1.165, 1.54) is 0 Å². The van der Waals surface area contributed by atoms with E-state index in [1.54, 1.807) is 0 Å². The van der Waals surface area contributed by atoms with Crippen molar-refractivity contribution in [3.63, 3.8) is 0 Å². The molecule has 28 heavy (non-hydrogen) atoms. The number of likely N-dealkylation sites (tertiary alicyclic amines) is 1. The van der Waals surface area contributed by atoms with Crippen molar-refractivity contribution in [3.05, 3.63) is 59.7 Å². The highest BCUT2D eigenvalue weighted by Gasteiger charge is 2.19. The molecule has 0 aliphatic carbocycles. The molecule has 1 heterocycles. The Morgan fingerprint density at radius 2 is 1.93 bits per heavy atom. The smallest absolute Gasteiger partial charge is 0.222 e. The fraction of sp³-hybridized carbons (Fsp3) is 0.435. The van der Waals surface area contributed by atoms with Gasteiger partial charge in [-0.25, -0.2) is 0 Å². The van der Waals surface area contributed by atoms with Crippen molar-refractivity contribution in [2.24, 2.45) is 0 Å². The van der Waals surface area contributed by atoms with E-state index in [-0.39, 0.29) is 0 Å². The summed E-state index contributed by atoms with van der Waals surface area (Å²) in [6.45, 7) is 6.40. The Hall–Kier alpha value is -2.53. The number of nitrogens with zero attached hydrogens (tertiary/aromatic N) is 1. The van der Waals surface area contributed by atoms with Gasteiger partial charge in [0.05, 0.1) is 6.61 Å². The summed E-state index contributed by atoms with van der Waals surface area (Å²) in [6.07, 6.45) is 2.66. The molecule has 2 aromatic carbocycles. The second-order valence-electron chi connectivity index (χ2n) is 6.97. The number of carbonyl (C=O) groups is 1. The Balaban J connectivity index is 1.54. The van der Waals surface area contributed by atoms with E-state index < -0.39 is 0 Å². The normalized spacial score (nSPS) is 13.8. The molecule has 1 aliphatic rings. The minimum atomic E-state index is 0.293. The van der Waals surface area contributed by atoms with Gasteiger partial charge in [0.25, 0.3) is 0 Å². The fourth-order valence-corrected chi connectivity index (χ4v) is 3.42. The number of nitrogens with one attached hydrogen (secondary N) is 1. The van der Waals surface area contributed by atoms with Crippen LogP contribution in [0.1, 0.15) is 37.3 Å². The van der Waals surface area contributed by atoms with Crippen LogP contribution < -0.4 is 14.8 Å². The number of ether oxygens (including phenoxy) is 2. The summed E-state index contributed by atoms with van der Waals surface area (Å²) in [6, 6.07) is 16.2. The van der Waals surface area contributed by atoms with Crippen LogP contribution in [0.25, 0.3) is 0 Å². The predicted molar refractivity (Wildman–Crippen MR) is 111 cm³/mol. The Labute approximate surface area is 167 Å². The monoisotopic (exact) mass is 382 g/mol. The van der Waals surface area contributed by atoms with Crippen LogP contribution in [0.4, 0.5) is 0 Å². The summed E-state index contributed by atoms with van der Waals surface area (Å²) in [4.78, 5) is 13.6. The lowest BCUT2D eigenvalue weighted by atomic mass is 10.1. The first-order valence-electron chi connectivity index (χ1n) is 10.2. The molecule has 1 amide bonds. The number of carbonyl (C=O) groups excluding carboxylic acids is 1. The van der Waals surface area contributed by atoms with Gasteiger partial charge in [0, 0.05) is 31.6 Å². The predicted octanol–water partition coefficient (Wildman–Crippen LogP) is 3.77. The maximum atomic E-state index is 11.7. The van der Waals surface area contributed by atoms with Gasteiger partial charge in [-0.15, -0.1) is 0 Å². The third kappa shape index (κ3) is 5.73. The molecule has 5 nitrogen and oxygen atoms in total. The van der Waals surface area contributed by atoms with E-state index in [0.717, 1.165) is 55.1 Å². The first-order chi connectivity index (χ1) is 13.8. The molecule has 1 saturated heterocycles. The van der Waals surface area contributed by atoms with Gasteiger partial charge >= 0.3 is 0 Å². The van der Waals surface area contributed by atoms with Crippen LogP contribution in [-0.2, 0) is 17.9 Å². The van der Waals surface area contributed by atoms with Crippen LogP contribution in [0, 0.1) is 0 Å². The zero-order valence-corrected chi connectivity index (χ0v) is 16.7. The maximum Gasteiger partial charge on any atom is 0.222 e. The second-order valence-corrected chi connectivity index (χ2v) is 6.97. The van der Waals surface area contributed by atoms with Gasteiger partial charge in [-0.05, 0) is 37.9 Å². The Bertz CT molecular complexity index is 749. The molecule has 3 rings (SSSR count). The third-order valence-corrected chi connectivity index (χ3v) is 4.85. The van der Waals surface area contributed by atoms with E-state index in [9.17, 15) is 4.79 Å². The number of hydrogen-bond acceptors (Lipinski definition) is 4. The van der Waals surface area contributed by atoms with Gasteiger partial charge in [0.15, 0.2) is 11.5 Å². The molecule has 0 saturated carbocycles. The summed E-state index contributed by atoms with van der Waals surface area (Å²) >= 11 is 0. The first-order valence-corrected chi connectivity index (χ1v) is 10.2. The fourth-order valence-electron chi connectivity index (χ4n) is 3.42. The van der Waals surface area contributed by atoms with Crippen molar-refractivity contribution in [3.8, 4) is 11.5 Å². The lowest BCUT2D eigenvalue weighted by Crippen LogP contribution is -2.28. The van der Waals surface area contributed by atoms with Crippen molar-refractivity contribution >= 4 is 5.91 Å². The zero-order chi connectivity index (χ0) is 19.6. The van der Waals surface area contributed by atoms with Gasteiger partial charge in [-0.1, -0.05) is 42.5 Å². The van der Waals surface area contributed by atoms with E-state index >= 15 is 0 Å². The Morgan fingerprint density at radius 3 is 2.68 bits per heavy atom. The van der Waals surface area contributed by atoms with E-state index in [2.05, 4.69) is 23.5 Å². The van der Waals surface area contributed by atoms with Crippen LogP contribution >= 0.6 is 0 Å². The molecular weight excluding hydrogens is 352 g/mol. The molecule has 1 N–H and O–H groups in total. The zero-order valence-electron chi connectivity index (χ0n) is 16.7. The molecule has 0 spiro atoms. The quantitative estimate of drug-likeness (QED) is 0.601. The van der Waals surface area contributed by atoms with E-state index in [4.69, 9.17) is 9.47 Å². The minimum Gasteiger partial charge on any atom is -0.490 e.